The van der Waals surface area contributed by atoms with Crippen LogP contribution in [0.5, 0.6) is 0 Å². The number of aromatic nitrogens is 5. The second kappa shape index (κ2) is 10.3. The van der Waals surface area contributed by atoms with Crippen LogP contribution in [0.3, 0.4) is 0 Å². The lowest BCUT2D eigenvalue weighted by atomic mass is 10.1. The van der Waals surface area contributed by atoms with Crippen LogP contribution < -0.4 is 0 Å². The summed E-state index contributed by atoms with van der Waals surface area (Å²) in [6.45, 7) is 0. The molecule has 4 aromatic heterocycles. The van der Waals surface area contributed by atoms with E-state index in [1.54, 1.807) is 0 Å². The van der Waals surface area contributed by atoms with Crippen LogP contribution in [-0.4, -0.2) is 23.9 Å². The average molecular weight is 638 g/mol. The molecule has 5 heteroatoms. The van der Waals surface area contributed by atoms with E-state index in [1.165, 1.54) is 59.9 Å². The second-order valence-corrected chi connectivity index (χ2v) is 12.8. The minimum atomic E-state index is 0.643. The lowest BCUT2D eigenvalue weighted by molar-refractivity contribution is 1.07. The van der Waals surface area contributed by atoms with E-state index in [9.17, 15) is 0 Å². The number of nitrogens with zero attached hydrogens (tertiary/aromatic N) is 5. The molecular weight excluding hydrogens is 611 g/mol. The maximum Gasteiger partial charge on any atom is 0.164 e. The Bertz CT molecular complexity index is 3010. The van der Waals surface area contributed by atoms with Gasteiger partial charge in [-0.1, -0.05) is 127 Å². The first-order valence-electron chi connectivity index (χ1n) is 16.9. The van der Waals surface area contributed by atoms with Crippen molar-refractivity contribution >= 4 is 59.9 Å². The van der Waals surface area contributed by atoms with E-state index in [4.69, 9.17) is 15.0 Å². The summed E-state index contributed by atoms with van der Waals surface area (Å²) in [7, 11) is 0. The van der Waals surface area contributed by atoms with Crippen molar-refractivity contribution in [2.75, 3.05) is 0 Å². The second-order valence-electron chi connectivity index (χ2n) is 12.8. The molecule has 0 fully saturated rings. The Hall–Kier alpha value is -6.85. The predicted molar refractivity (Wildman–Crippen MR) is 205 cm³/mol. The van der Waals surface area contributed by atoms with Crippen LogP contribution in [0.2, 0.25) is 0 Å². The largest absolute Gasteiger partial charge is 0.307 e. The maximum atomic E-state index is 4.97. The molecule has 0 atom stereocenters. The molecule has 7 aromatic carbocycles. The number of benzene rings is 7. The monoisotopic (exact) mass is 637 g/mol. The highest BCUT2D eigenvalue weighted by Crippen LogP contribution is 2.44. The molecule has 0 unspecified atom stereocenters. The van der Waals surface area contributed by atoms with Crippen molar-refractivity contribution in [1.82, 2.24) is 23.9 Å². The van der Waals surface area contributed by atoms with Crippen LogP contribution in [0, 0.1) is 0 Å². The van der Waals surface area contributed by atoms with Crippen molar-refractivity contribution in [2.45, 2.75) is 0 Å². The Morgan fingerprint density at radius 1 is 0.300 bits per heavy atom. The van der Waals surface area contributed by atoms with Crippen molar-refractivity contribution < 1.29 is 0 Å². The molecular formula is C45H27N5. The molecule has 0 bridgehead atoms. The fourth-order valence-corrected chi connectivity index (χ4v) is 7.92. The fraction of sp³-hybridized carbons (Fsp3) is 0. The third-order valence-corrected chi connectivity index (χ3v) is 10.1. The van der Waals surface area contributed by atoms with Crippen LogP contribution >= 0.6 is 0 Å². The third kappa shape index (κ3) is 3.80. The van der Waals surface area contributed by atoms with Gasteiger partial charge in [-0.2, -0.15) is 0 Å². The van der Waals surface area contributed by atoms with E-state index < -0.39 is 0 Å². The van der Waals surface area contributed by atoms with Gasteiger partial charge in [-0.05, 0) is 36.4 Å². The zero-order chi connectivity index (χ0) is 32.8. The third-order valence-electron chi connectivity index (χ3n) is 10.1. The van der Waals surface area contributed by atoms with Gasteiger partial charge in [0.15, 0.2) is 17.5 Å². The van der Waals surface area contributed by atoms with E-state index in [-0.39, 0.29) is 0 Å². The molecule has 11 rings (SSSR count). The van der Waals surface area contributed by atoms with E-state index >= 15 is 0 Å². The first kappa shape index (κ1) is 27.1. The van der Waals surface area contributed by atoms with Gasteiger partial charge in [-0.3, -0.25) is 0 Å². The summed E-state index contributed by atoms with van der Waals surface area (Å²) >= 11 is 0. The molecule has 4 heterocycles. The highest BCUT2D eigenvalue weighted by Gasteiger charge is 2.23. The van der Waals surface area contributed by atoms with Gasteiger partial charge in [0.1, 0.15) is 0 Å². The average Bonchev–Trinajstić information content (AvgIpc) is 3.84. The van der Waals surface area contributed by atoms with Crippen LogP contribution in [0.1, 0.15) is 0 Å². The number of para-hydroxylation sites is 3. The van der Waals surface area contributed by atoms with Gasteiger partial charge >= 0.3 is 0 Å². The molecule has 50 heavy (non-hydrogen) atoms. The number of fused-ring (bicyclic) bond motifs is 10. The summed E-state index contributed by atoms with van der Waals surface area (Å²) in [5.41, 5.74) is 10.0. The van der Waals surface area contributed by atoms with E-state index in [2.05, 4.69) is 112 Å². The molecule has 0 saturated heterocycles. The van der Waals surface area contributed by atoms with E-state index in [0.29, 0.717) is 17.5 Å². The maximum absolute atomic E-state index is 4.97. The smallest absolute Gasteiger partial charge is 0.164 e. The summed E-state index contributed by atoms with van der Waals surface area (Å²) in [5.74, 6) is 1.95. The number of hydrogen-bond donors (Lipinski definition) is 0. The topological polar surface area (TPSA) is 48.0 Å². The summed E-state index contributed by atoms with van der Waals surface area (Å²) in [4.78, 5) is 14.8. The summed E-state index contributed by atoms with van der Waals surface area (Å²) in [6.07, 6.45) is 0. The highest BCUT2D eigenvalue weighted by molar-refractivity contribution is 6.29. The van der Waals surface area contributed by atoms with Crippen molar-refractivity contribution in [1.29, 1.82) is 0 Å². The molecule has 0 aliphatic heterocycles. The molecule has 0 spiro atoms. The summed E-state index contributed by atoms with van der Waals surface area (Å²) in [6, 6.07) is 57.7. The van der Waals surface area contributed by atoms with Crippen LogP contribution in [-0.2, 0) is 0 Å². The lowest BCUT2D eigenvalue weighted by Gasteiger charge is -2.11. The molecule has 0 radical (unpaired) electrons. The normalized spacial score (nSPS) is 12.0. The minimum Gasteiger partial charge on any atom is -0.307 e. The van der Waals surface area contributed by atoms with Crippen LogP contribution in [0.15, 0.2) is 164 Å². The summed E-state index contributed by atoms with van der Waals surface area (Å²) < 4.78 is 4.92. The fourth-order valence-electron chi connectivity index (χ4n) is 7.92. The molecule has 0 saturated carbocycles. The van der Waals surface area contributed by atoms with Gasteiger partial charge in [0.25, 0.3) is 0 Å². The molecule has 0 amide bonds. The van der Waals surface area contributed by atoms with Gasteiger partial charge in [0.2, 0.25) is 0 Å². The first-order chi connectivity index (χ1) is 24.8. The number of hydrogen-bond acceptors (Lipinski definition) is 3. The highest BCUT2D eigenvalue weighted by atomic mass is 15.0. The van der Waals surface area contributed by atoms with Gasteiger partial charge < -0.3 is 8.97 Å². The number of rotatable bonds is 4. The molecule has 232 valence electrons. The van der Waals surface area contributed by atoms with Gasteiger partial charge in [-0.15, -0.1) is 0 Å². The van der Waals surface area contributed by atoms with Crippen molar-refractivity contribution in [2.24, 2.45) is 0 Å². The van der Waals surface area contributed by atoms with Crippen molar-refractivity contribution in [3.05, 3.63) is 164 Å². The molecule has 5 nitrogen and oxygen atoms in total. The Kier molecular flexibility index (Phi) is 5.60. The van der Waals surface area contributed by atoms with Crippen molar-refractivity contribution in [3.63, 3.8) is 0 Å². The summed E-state index contributed by atoms with van der Waals surface area (Å²) in [5, 5.41) is 7.57. The lowest BCUT2D eigenvalue weighted by Crippen LogP contribution is -2.00. The standard InChI is InChI=1S/C45H27N5/c1-3-12-28(13-4-1)43-46-44(29-14-5-2-6-15-29)48-45(47-43)30-22-24-31(25-23-30)49-38-20-9-7-17-33(38)36-26-27-37-35-19-11-18-34-32-16-8-10-21-39(32)50(40(34)35)42(37)41(36)49/h1-27H. The van der Waals surface area contributed by atoms with E-state index in [0.717, 1.165) is 22.4 Å². The van der Waals surface area contributed by atoms with Gasteiger partial charge in [0.05, 0.1) is 27.6 Å². The van der Waals surface area contributed by atoms with Crippen LogP contribution in [0.25, 0.3) is 99.8 Å². The Morgan fingerprint density at radius 3 is 1.36 bits per heavy atom. The molecule has 11 aromatic rings. The first-order valence-corrected chi connectivity index (χ1v) is 16.9. The van der Waals surface area contributed by atoms with Gasteiger partial charge in [-0.25, -0.2) is 15.0 Å². The zero-order valence-corrected chi connectivity index (χ0v) is 26.8. The quantitative estimate of drug-likeness (QED) is 0.193. The molecule has 0 aliphatic rings. The van der Waals surface area contributed by atoms with E-state index in [1.807, 2.05) is 60.7 Å². The Labute approximate surface area is 286 Å². The molecule has 0 N–H and O–H groups in total. The minimum absolute atomic E-state index is 0.643. The van der Waals surface area contributed by atoms with Crippen molar-refractivity contribution in [3.8, 4) is 39.9 Å². The molecule has 0 aliphatic carbocycles. The van der Waals surface area contributed by atoms with Gasteiger partial charge in [0, 0.05) is 54.7 Å². The SMILES string of the molecule is c1ccc(-c2nc(-c3ccccc3)nc(-c3ccc(-n4c5ccccc5c5ccc6c7cccc8c9ccccc9n(c87)c6c54)cc3)n2)cc1. The zero-order valence-electron chi connectivity index (χ0n) is 26.8. The predicted octanol–water partition coefficient (Wildman–Crippen LogP) is 11.1. The Morgan fingerprint density at radius 2 is 0.740 bits per heavy atom. The van der Waals surface area contributed by atoms with Crippen LogP contribution in [0.4, 0.5) is 0 Å². The Balaban J connectivity index is 1.16.